The van der Waals surface area contributed by atoms with Gasteiger partial charge in [-0.2, -0.15) is 0 Å². The van der Waals surface area contributed by atoms with Crippen LogP contribution in [0.15, 0.2) is 16.7 Å². The van der Waals surface area contributed by atoms with Gasteiger partial charge in [0, 0.05) is 10.7 Å². The first-order valence-corrected chi connectivity index (χ1v) is 6.32. The van der Waals surface area contributed by atoms with E-state index in [0.717, 1.165) is 29.4 Å². The number of aromatic nitrogens is 1. The molecule has 0 fully saturated rings. The molecule has 1 aromatic heterocycles. The maximum Gasteiger partial charge on any atom is 0.315 e. The Morgan fingerprint density at radius 3 is 3.25 bits per heavy atom. The highest BCUT2D eigenvalue weighted by atomic mass is 79.9. The Bertz CT molecular complexity index is 406. The number of hydrogen-bond acceptors (Lipinski definition) is 3. The zero-order chi connectivity index (χ0) is 11.5. The number of carbonyl (C=O) groups excluding carboxylic acids is 1. The number of nitrogens with zero attached hydrogens (tertiary/aromatic N) is 1. The van der Waals surface area contributed by atoms with E-state index < -0.39 is 0 Å². The summed E-state index contributed by atoms with van der Waals surface area (Å²) in [6, 6.07) is 2.05. The lowest BCUT2D eigenvalue weighted by atomic mass is 9.87. The molecule has 16 heavy (non-hydrogen) atoms. The summed E-state index contributed by atoms with van der Waals surface area (Å²) < 4.78 is 6.05. The number of esters is 1. The number of halogens is 1. The molecule has 3 nitrogen and oxygen atoms in total. The van der Waals surface area contributed by atoms with Crippen molar-refractivity contribution in [2.75, 3.05) is 6.61 Å². The maximum atomic E-state index is 11.8. The molecule has 0 N–H and O–H groups in total. The predicted molar refractivity (Wildman–Crippen MR) is 64.2 cm³/mol. The predicted octanol–water partition coefficient (Wildman–Crippen LogP) is 2.83. The molecular formula is C12H14BrNO2. The second kappa shape index (κ2) is 4.95. The molecule has 0 saturated carbocycles. The van der Waals surface area contributed by atoms with Gasteiger partial charge < -0.3 is 4.74 Å². The minimum absolute atomic E-state index is 0.140. The minimum atomic E-state index is -0.170. The Labute approximate surface area is 103 Å². The van der Waals surface area contributed by atoms with Crippen LogP contribution in [0.5, 0.6) is 0 Å². The summed E-state index contributed by atoms with van der Waals surface area (Å²) in [5.74, 6) is -0.310. The van der Waals surface area contributed by atoms with Gasteiger partial charge in [0.05, 0.1) is 18.2 Å². The molecule has 0 aromatic carbocycles. The summed E-state index contributed by atoms with van der Waals surface area (Å²) in [5, 5.41) is 0. The SMILES string of the molecule is CCOC(=O)C1CCCc2cc(Br)cnc21. The number of ether oxygens (including phenoxy) is 1. The van der Waals surface area contributed by atoms with Gasteiger partial charge in [0.25, 0.3) is 0 Å². The number of aryl methyl sites for hydroxylation is 1. The Kier molecular flexibility index (Phi) is 3.59. The molecule has 1 aliphatic rings. The monoisotopic (exact) mass is 283 g/mol. The van der Waals surface area contributed by atoms with Gasteiger partial charge in [-0.05, 0) is 53.7 Å². The van der Waals surface area contributed by atoms with Crippen LogP contribution in [0.3, 0.4) is 0 Å². The van der Waals surface area contributed by atoms with Crippen LogP contribution in [-0.2, 0) is 16.0 Å². The highest BCUT2D eigenvalue weighted by molar-refractivity contribution is 9.10. The van der Waals surface area contributed by atoms with Gasteiger partial charge in [-0.3, -0.25) is 9.78 Å². The Morgan fingerprint density at radius 2 is 2.50 bits per heavy atom. The number of fused-ring (bicyclic) bond motifs is 1. The van der Waals surface area contributed by atoms with Crippen LogP contribution in [0.4, 0.5) is 0 Å². The van der Waals surface area contributed by atoms with Crippen molar-refractivity contribution in [3.05, 3.63) is 28.0 Å². The van der Waals surface area contributed by atoms with E-state index in [0.29, 0.717) is 6.61 Å². The van der Waals surface area contributed by atoms with E-state index in [2.05, 4.69) is 20.9 Å². The summed E-state index contributed by atoms with van der Waals surface area (Å²) >= 11 is 3.40. The molecule has 0 spiro atoms. The molecule has 2 rings (SSSR count). The van der Waals surface area contributed by atoms with Crippen molar-refractivity contribution in [1.82, 2.24) is 4.98 Å². The largest absolute Gasteiger partial charge is 0.465 e. The van der Waals surface area contributed by atoms with E-state index in [1.807, 2.05) is 13.0 Å². The van der Waals surface area contributed by atoms with Gasteiger partial charge in [-0.25, -0.2) is 0 Å². The van der Waals surface area contributed by atoms with Gasteiger partial charge in [0.2, 0.25) is 0 Å². The fourth-order valence-electron chi connectivity index (χ4n) is 2.11. The molecule has 0 radical (unpaired) electrons. The Balaban J connectivity index is 2.29. The van der Waals surface area contributed by atoms with Crippen molar-refractivity contribution >= 4 is 21.9 Å². The lowest BCUT2D eigenvalue weighted by Gasteiger charge is -2.22. The van der Waals surface area contributed by atoms with Crippen molar-refractivity contribution in [1.29, 1.82) is 0 Å². The Hall–Kier alpha value is -0.900. The molecule has 0 amide bonds. The van der Waals surface area contributed by atoms with Crippen LogP contribution in [0.25, 0.3) is 0 Å². The lowest BCUT2D eigenvalue weighted by Crippen LogP contribution is -2.22. The average Bonchev–Trinajstić information content (AvgIpc) is 2.28. The van der Waals surface area contributed by atoms with E-state index in [4.69, 9.17) is 4.74 Å². The molecule has 0 saturated heterocycles. The summed E-state index contributed by atoms with van der Waals surface area (Å²) in [4.78, 5) is 16.1. The van der Waals surface area contributed by atoms with Crippen molar-refractivity contribution in [2.24, 2.45) is 0 Å². The number of hydrogen-bond donors (Lipinski definition) is 0. The lowest BCUT2D eigenvalue weighted by molar-refractivity contribution is -0.145. The normalized spacial score (nSPS) is 19.0. The zero-order valence-corrected chi connectivity index (χ0v) is 10.8. The quantitative estimate of drug-likeness (QED) is 0.784. The van der Waals surface area contributed by atoms with E-state index in [9.17, 15) is 4.79 Å². The number of rotatable bonds is 2. The third-order valence-corrected chi connectivity index (χ3v) is 3.24. The molecular weight excluding hydrogens is 270 g/mol. The fraction of sp³-hybridized carbons (Fsp3) is 0.500. The van der Waals surface area contributed by atoms with E-state index in [1.54, 1.807) is 6.20 Å². The van der Waals surface area contributed by atoms with Crippen molar-refractivity contribution in [3.63, 3.8) is 0 Å². The van der Waals surface area contributed by atoms with Crippen molar-refractivity contribution in [3.8, 4) is 0 Å². The highest BCUT2D eigenvalue weighted by Gasteiger charge is 2.28. The minimum Gasteiger partial charge on any atom is -0.465 e. The van der Waals surface area contributed by atoms with Gasteiger partial charge >= 0.3 is 5.97 Å². The van der Waals surface area contributed by atoms with Crippen LogP contribution in [0.2, 0.25) is 0 Å². The molecule has 0 aliphatic heterocycles. The van der Waals surface area contributed by atoms with Gasteiger partial charge in [-0.15, -0.1) is 0 Å². The van der Waals surface area contributed by atoms with Crippen LogP contribution in [0.1, 0.15) is 36.9 Å². The second-order valence-corrected chi connectivity index (χ2v) is 4.81. The third-order valence-electron chi connectivity index (χ3n) is 2.81. The molecule has 86 valence electrons. The van der Waals surface area contributed by atoms with Gasteiger partial charge in [-0.1, -0.05) is 0 Å². The topological polar surface area (TPSA) is 39.2 Å². The number of carbonyl (C=O) groups is 1. The van der Waals surface area contributed by atoms with Crippen LogP contribution in [-0.4, -0.2) is 17.6 Å². The standard InChI is InChI=1S/C12H14BrNO2/c1-2-16-12(15)10-5-3-4-8-6-9(13)7-14-11(8)10/h6-7,10H,2-5H2,1H3. The molecule has 1 heterocycles. The average molecular weight is 284 g/mol. The first-order chi connectivity index (χ1) is 7.72. The zero-order valence-electron chi connectivity index (χ0n) is 9.20. The van der Waals surface area contributed by atoms with E-state index >= 15 is 0 Å². The van der Waals surface area contributed by atoms with Gasteiger partial charge in [0.1, 0.15) is 0 Å². The maximum absolute atomic E-state index is 11.8. The van der Waals surface area contributed by atoms with Crippen LogP contribution >= 0.6 is 15.9 Å². The first-order valence-electron chi connectivity index (χ1n) is 5.53. The molecule has 1 unspecified atom stereocenters. The van der Waals surface area contributed by atoms with E-state index in [-0.39, 0.29) is 11.9 Å². The highest BCUT2D eigenvalue weighted by Crippen LogP contribution is 2.32. The van der Waals surface area contributed by atoms with Gasteiger partial charge in [0.15, 0.2) is 0 Å². The van der Waals surface area contributed by atoms with Crippen LogP contribution < -0.4 is 0 Å². The molecule has 1 atom stereocenters. The molecule has 4 heteroatoms. The summed E-state index contributed by atoms with van der Waals surface area (Å²) in [6.07, 6.45) is 4.61. The van der Waals surface area contributed by atoms with Crippen molar-refractivity contribution < 1.29 is 9.53 Å². The smallest absolute Gasteiger partial charge is 0.315 e. The van der Waals surface area contributed by atoms with E-state index in [1.165, 1.54) is 5.56 Å². The molecule has 1 aromatic rings. The fourth-order valence-corrected chi connectivity index (χ4v) is 2.49. The third kappa shape index (κ3) is 2.26. The molecule has 1 aliphatic carbocycles. The first kappa shape index (κ1) is 11.6. The number of pyridine rings is 1. The Morgan fingerprint density at radius 1 is 1.69 bits per heavy atom. The second-order valence-electron chi connectivity index (χ2n) is 3.89. The van der Waals surface area contributed by atoms with Crippen molar-refractivity contribution in [2.45, 2.75) is 32.1 Å². The van der Waals surface area contributed by atoms with Crippen LogP contribution in [0, 0.1) is 0 Å². The summed E-state index contributed by atoms with van der Waals surface area (Å²) in [6.45, 7) is 2.26. The summed E-state index contributed by atoms with van der Waals surface area (Å²) in [5.41, 5.74) is 2.06. The molecule has 0 bridgehead atoms. The summed E-state index contributed by atoms with van der Waals surface area (Å²) in [7, 11) is 0.